The van der Waals surface area contributed by atoms with Gasteiger partial charge in [-0.15, -0.1) is 0 Å². The summed E-state index contributed by atoms with van der Waals surface area (Å²) >= 11 is 12.0. The Bertz CT molecular complexity index is 1220. The summed E-state index contributed by atoms with van der Waals surface area (Å²) < 4.78 is 10.8. The van der Waals surface area contributed by atoms with E-state index < -0.39 is 6.04 Å². The van der Waals surface area contributed by atoms with Gasteiger partial charge in [0.1, 0.15) is 17.5 Å². The molecule has 0 aliphatic rings. The van der Waals surface area contributed by atoms with E-state index in [-0.39, 0.29) is 5.97 Å². The van der Waals surface area contributed by atoms with E-state index >= 15 is 0 Å². The van der Waals surface area contributed by atoms with E-state index in [0.29, 0.717) is 34.5 Å². The maximum Gasteiger partial charge on any atom is 0.323 e. The van der Waals surface area contributed by atoms with Crippen LogP contribution in [0.1, 0.15) is 11.1 Å². The van der Waals surface area contributed by atoms with Crippen LogP contribution in [-0.2, 0) is 22.5 Å². The summed E-state index contributed by atoms with van der Waals surface area (Å²) in [6.45, 7) is 0.509. The van der Waals surface area contributed by atoms with E-state index in [2.05, 4.69) is 10.3 Å². The van der Waals surface area contributed by atoms with Crippen LogP contribution >= 0.6 is 23.2 Å². The molecule has 164 valence electrons. The molecule has 1 aromatic heterocycles. The minimum atomic E-state index is -0.466. The number of carbonyl (C=O) groups excluding carboxylic acids is 1. The maximum absolute atomic E-state index is 12.4. The molecule has 0 fully saturated rings. The van der Waals surface area contributed by atoms with E-state index in [1.165, 1.54) is 7.11 Å². The zero-order chi connectivity index (χ0) is 22.5. The molecule has 0 unspecified atom stereocenters. The number of para-hydroxylation sites is 1. The number of methoxy groups -OCH3 is 1. The fourth-order valence-corrected chi connectivity index (χ4v) is 3.78. The Morgan fingerprint density at radius 1 is 1.00 bits per heavy atom. The van der Waals surface area contributed by atoms with Gasteiger partial charge in [0.25, 0.3) is 0 Å². The second kappa shape index (κ2) is 10.1. The molecule has 0 saturated carbocycles. The van der Waals surface area contributed by atoms with E-state index in [0.717, 1.165) is 22.0 Å². The Kier molecular flexibility index (Phi) is 7.00. The Morgan fingerprint density at radius 2 is 1.75 bits per heavy atom. The minimum absolute atomic E-state index is 0.296. The molecule has 4 aromatic rings. The number of aromatic nitrogens is 1. The standard InChI is InChI=1S/C25H22Cl2N2O3/c1-31-25(30)24(12-17-15-29-23-5-3-2-4-20(17)23)28-14-16-6-8-18(9-7-16)32-19-10-11-21(26)22(27)13-19/h2-11,13,15,24,28-29H,12,14H2,1H3/t24-/m0/s1. The molecule has 0 radical (unpaired) electrons. The van der Waals surface area contributed by atoms with Crippen molar-refractivity contribution in [1.29, 1.82) is 0 Å². The predicted octanol–water partition coefficient (Wildman–Crippen LogP) is 6.14. The number of aromatic amines is 1. The summed E-state index contributed by atoms with van der Waals surface area (Å²) in [4.78, 5) is 15.6. The van der Waals surface area contributed by atoms with Crippen LogP contribution in [0, 0.1) is 0 Å². The highest BCUT2D eigenvalue weighted by molar-refractivity contribution is 6.42. The van der Waals surface area contributed by atoms with Crippen molar-refractivity contribution in [3.8, 4) is 11.5 Å². The first kappa shape index (κ1) is 22.2. The Labute approximate surface area is 196 Å². The van der Waals surface area contributed by atoms with Crippen molar-refractivity contribution >= 4 is 40.1 Å². The first-order valence-electron chi connectivity index (χ1n) is 10.1. The summed E-state index contributed by atoms with van der Waals surface area (Å²) in [5.41, 5.74) is 3.12. The summed E-state index contributed by atoms with van der Waals surface area (Å²) in [6.07, 6.45) is 2.46. The normalized spacial score (nSPS) is 12.0. The molecule has 1 atom stereocenters. The van der Waals surface area contributed by atoms with Crippen LogP contribution in [0.4, 0.5) is 0 Å². The Balaban J connectivity index is 1.40. The number of fused-ring (bicyclic) bond motifs is 1. The molecule has 1 heterocycles. The molecule has 0 spiro atoms. The minimum Gasteiger partial charge on any atom is -0.468 e. The number of esters is 1. The van der Waals surface area contributed by atoms with Gasteiger partial charge in [-0.1, -0.05) is 53.5 Å². The van der Waals surface area contributed by atoms with Gasteiger partial charge in [0.2, 0.25) is 0 Å². The number of benzene rings is 3. The van der Waals surface area contributed by atoms with Gasteiger partial charge in [-0.05, 0) is 41.5 Å². The molecule has 0 aliphatic carbocycles. The summed E-state index contributed by atoms with van der Waals surface area (Å²) in [5, 5.41) is 5.33. The third-order valence-electron chi connectivity index (χ3n) is 5.19. The molecule has 5 nitrogen and oxygen atoms in total. The highest BCUT2D eigenvalue weighted by atomic mass is 35.5. The van der Waals surface area contributed by atoms with Crippen molar-refractivity contribution in [3.05, 3.63) is 94.1 Å². The van der Waals surface area contributed by atoms with Gasteiger partial charge in [-0.25, -0.2) is 0 Å². The van der Waals surface area contributed by atoms with Crippen LogP contribution < -0.4 is 10.1 Å². The lowest BCUT2D eigenvalue weighted by Gasteiger charge is -2.16. The largest absolute Gasteiger partial charge is 0.468 e. The van der Waals surface area contributed by atoms with Gasteiger partial charge in [0.15, 0.2) is 0 Å². The second-order valence-corrected chi connectivity index (χ2v) is 8.16. The number of carbonyl (C=O) groups is 1. The second-order valence-electron chi connectivity index (χ2n) is 7.34. The van der Waals surface area contributed by atoms with Gasteiger partial charge >= 0.3 is 5.97 Å². The quantitative estimate of drug-likeness (QED) is 0.304. The maximum atomic E-state index is 12.4. The molecule has 0 amide bonds. The Hall–Kier alpha value is -2.99. The highest BCUT2D eigenvalue weighted by Gasteiger charge is 2.20. The average Bonchev–Trinajstić information content (AvgIpc) is 3.22. The smallest absolute Gasteiger partial charge is 0.323 e. The number of nitrogens with one attached hydrogen (secondary N) is 2. The van der Waals surface area contributed by atoms with Crippen LogP contribution in [0.5, 0.6) is 11.5 Å². The number of rotatable bonds is 8. The first-order valence-corrected chi connectivity index (χ1v) is 10.9. The SMILES string of the molecule is COC(=O)[C@H](Cc1c[nH]c2ccccc12)NCc1ccc(Oc2ccc(Cl)c(Cl)c2)cc1. The number of halogens is 2. The Morgan fingerprint density at radius 3 is 2.50 bits per heavy atom. The molecule has 4 rings (SSSR count). The number of ether oxygens (including phenoxy) is 2. The van der Waals surface area contributed by atoms with Crippen LogP contribution in [0.2, 0.25) is 10.0 Å². The van der Waals surface area contributed by atoms with Crippen molar-refractivity contribution in [2.75, 3.05) is 7.11 Å². The van der Waals surface area contributed by atoms with Crippen LogP contribution in [0.3, 0.4) is 0 Å². The summed E-state index contributed by atoms with van der Waals surface area (Å²) in [5.74, 6) is 0.986. The molecular formula is C25H22Cl2N2O3. The van der Waals surface area contributed by atoms with Gasteiger partial charge in [-0.3, -0.25) is 4.79 Å². The van der Waals surface area contributed by atoms with E-state index in [9.17, 15) is 4.79 Å². The number of hydrogen-bond acceptors (Lipinski definition) is 4. The van der Waals surface area contributed by atoms with Crippen molar-refractivity contribution in [1.82, 2.24) is 10.3 Å². The van der Waals surface area contributed by atoms with E-state index in [4.69, 9.17) is 32.7 Å². The van der Waals surface area contributed by atoms with Gasteiger partial charge in [0, 0.05) is 36.1 Å². The zero-order valence-electron chi connectivity index (χ0n) is 17.4. The van der Waals surface area contributed by atoms with Crippen LogP contribution in [0.25, 0.3) is 10.9 Å². The molecule has 3 aromatic carbocycles. The fraction of sp³-hybridized carbons (Fsp3) is 0.160. The topological polar surface area (TPSA) is 63.4 Å². The lowest BCUT2D eigenvalue weighted by Crippen LogP contribution is -2.39. The van der Waals surface area contributed by atoms with Gasteiger partial charge in [0.05, 0.1) is 17.2 Å². The van der Waals surface area contributed by atoms with Crippen molar-refractivity contribution in [2.24, 2.45) is 0 Å². The van der Waals surface area contributed by atoms with Crippen LogP contribution in [-0.4, -0.2) is 24.1 Å². The third-order valence-corrected chi connectivity index (χ3v) is 5.93. The van der Waals surface area contributed by atoms with Gasteiger partial charge in [-0.2, -0.15) is 0 Å². The van der Waals surface area contributed by atoms with Crippen molar-refractivity contribution in [2.45, 2.75) is 19.0 Å². The van der Waals surface area contributed by atoms with Crippen LogP contribution in [0.15, 0.2) is 72.9 Å². The first-order chi connectivity index (χ1) is 15.5. The fourth-order valence-electron chi connectivity index (χ4n) is 3.49. The molecular weight excluding hydrogens is 447 g/mol. The third kappa shape index (κ3) is 5.25. The van der Waals surface area contributed by atoms with E-state index in [1.54, 1.807) is 18.2 Å². The lowest BCUT2D eigenvalue weighted by atomic mass is 10.0. The van der Waals surface area contributed by atoms with Crippen molar-refractivity contribution < 1.29 is 14.3 Å². The predicted molar refractivity (Wildman–Crippen MR) is 128 cm³/mol. The molecule has 32 heavy (non-hydrogen) atoms. The van der Waals surface area contributed by atoms with E-state index in [1.807, 2.05) is 54.7 Å². The highest BCUT2D eigenvalue weighted by Crippen LogP contribution is 2.29. The van der Waals surface area contributed by atoms with Crippen molar-refractivity contribution in [3.63, 3.8) is 0 Å². The summed E-state index contributed by atoms with van der Waals surface area (Å²) in [6, 6.07) is 20.3. The molecule has 0 saturated heterocycles. The molecule has 0 aliphatic heterocycles. The zero-order valence-corrected chi connectivity index (χ0v) is 18.9. The molecule has 2 N–H and O–H groups in total. The average molecular weight is 469 g/mol. The summed E-state index contributed by atoms with van der Waals surface area (Å²) in [7, 11) is 1.40. The lowest BCUT2D eigenvalue weighted by molar-refractivity contribution is -0.143. The van der Waals surface area contributed by atoms with Gasteiger partial charge < -0.3 is 19.8 Å². The molecule has 0 bridgehead atoms. The number of H-pyrrole nitrogens is 1. The monoisotopic (exact) mass is 468 g/mol. The molecule has 7 heteroatoms. The number of hydrogen-bond donors (Lipinski definition) is 2.